The molecule has 20 heavy (non-hydrogen) atoms. The highest BCUT2D eigenvalue weighted by atomic mass is 79.9. The van der Waals surface area contributed by atoms with Crippen LogP contribution >= 0.6 is 15.9 Å². The third-order valence-electron chi connectivity index (χ3n) is 4.13. The van der Waals surface area contributed by atoms with Crippen molar-refractivity contribution in [3.8, 4) is 0 Å². The van der Waals surface area contributed by atoms with E-state index in [0.29, 0.717) is 0 Å². The highest BCUT2D eigenvalue weighted by Gasteiger charge is 2.32. The number of halogens is 1. The van der Waals surface area contributed by atoms with Crippen LogP contribution in [0.3, 0.4) is 0 Å². The van der Waals surface area contributed by atoms with Crippen LogP contribution in [0.25, 0.3) is 0 Å². The molecule has 0 spiro atoms. The van der Waals surface area contributed by atoms with E-state index < -0.39 is 0 Å². The first-order valence-electron chi connectivity index (χ1n) is 6.88. The van der Waals surface area contributed by atoms with Gasteiger partial charge in [-0.25, -0.2) is 0 Å². The number of aromatic nitrogens is 2. The molecule has 3 nitrogen and oxygen atoms in total. The summed E-state index contributed by atoms with van der Waals surface area (Å²) in [4.78, 5) is 0. The van der Waals surface area contributed by atoms with Crippen LogP contribution in [0.2, 0.25) is 0 Å². The molecule has 2 aromatic rings. The molecule has 1 N–H and O–H groups in total. The second-order valence-electron chi connectivity index (χ2n) is 5.30. The minimum absolute atomic E-state index is 0.129. The van der Waals surface area contributed by atoms with E-state index >= 15 is 0 Å². The van der Waals surface area contributed by atoms with E-state index in [2.05, 4.69) is 40.1 Å². The van der Waals surface area contributed by atoms with Crippen molar-refractivity contribution in [3.63, 3.8) is 0 Å². The van der Waals surface area contributed by atoms with E-state index in [1.807, 2.05) is 36.9 Å². The number of hydrogen-bond donors (Lipinski definition) is 1. The lowest BCUT2D eigenvalue weighted by Crippen LogP contribution is -2.33. The first kappa shape index (κ1) is 15.3. The second kappa shape index (κ2) is 6.10. The van der Waals surface area contributed by atoms with Gasteiger partial charge in [0.05, 0.1) is 22.5 Å². The third kappa shape index (κ3) is 2.67. The van der Waals surface area contributed by atoms with E-state index in [9.17, 15) is 5.11 Å². The van der Waals surface area contributed by atoms with Crippen molar-refractivity contribution in [2.45, 2.75) is 32.1 Å². The molecule has 1 aromatic heterocycles. The zero-order chi connectivity index (χ0) is 14.8. The summed E-state index contributed by atoms with van der Waals surface area (Å²) in [6.45, 7) is 4.24. The first-order valence-corrected chi connectivity index (χ1v) is 7.67. The van der Waals surface area contributed by atoms with Gasteiger partial charge in [0.15, 0.2) is 0 Å². The Bertz CT molecular complexity index is 574. The molecule has 1 unspecified atom stereocenters. The molecule has 108 valence electrons. The van der Waals surface area contributed by atoms with E-state index in [-0.39, 0.29) is 12.0 Å². The lowest BCUT2D eigenvalue weighted by atomic mass is 9.75. The van der Waals surface area contributed by atoms with Crippen LogP contribution < -0.4 is 0 Å². The van der Waals surface area contributed by atoms with Gasteiger partial charge >= 0.3 is 0 Å². The highest BCUT2D eigenvalue weighted by Crippen LogP contribution is 2.34. The molecular formula is C16H21BrN2O. The monoisotopic (exact) mass is 336 g/mol. The normalized spacial score (nSPS) is 14.2. The predicted molar refractivity (Wildman–Crippen MR) is 84.8 cm³/mol. The van der Waals surface area contributed by atoms with Gasteiger partial charge in [-0.3, -0.25) is 4.68 Å². The maximum atomic E-state index is 10.0. The molecule has 0 saturated carbocycles. The molecule has 2 rings (SSSR count). The Morgan fingerprint density at radius 1 is 1.30 bits per heavy atom. The molecule has 0 radical (unpaired) electrons. The summed E-state index contributed by atoms with van der Waals surface area (Å²) in [5.41, 5.74) is 3.03. The Kier molecular flexibility index (Phi) is 4.66. The summed E-state index contributed by atoms with van der Waals surface area (Å²) in [7, 11) is 1.95. The van der Waals surface area contributed by atoms with Crippen molar-refractivity contribution in [2.24, 2.45) is 7.05 Å². The van der Waals surface area contributed by atoms with E-state index in [0.717, 1.165) is 28.7 Å². The molecule has 4 heteroatoms. The Morgan fingerprint density at radius 3 is 2.40 bits per heavy atom. The lowest BCUT2D eigenvalue weighted by Gasteiger charge is -2.31. The number of aliphatic hydroxyl groups is 1. The maximum absolute atomic E-state index is 10.0. The van der Waals surface area contributed by atoms with Crippen molar-refractivity contribution in [3.05, 3.63) is 51.8 Å². The first-order chi connectivity index (χ1) is 9.54. The zero-order valence-electron chi connectivity index (χ0n) is 12.2. The van der Waals surface area contributed by atoms with Gasteiger partial charge in [0.2, 0.25) is 0 Å². The van der Waals surface area contributed by atoms with E-state index in [1.165, 1.54) is 5.56 Å². The summed E-state index contributed by atoms with van der Waals surface area (Å²) >= 11 is 3.62. The fourth-order valence-electron chi connectivity index (χ4n) is 2.67. The van der Waals surface area contributed by atoms with Crippen LogP contribution in [-0.2, 0) is 18.9 Å². The number of hydrogen-bond acceptors (Lipinski definition) is 2. The number of nitrogens with zero attached hydrogens (tertiary/aromatic N) is 2. The van der Waals surface area contributed by atoms with Crippen molar-refractivity contribution >= 4 is 15.9 Å². The minimum atomic E-state index is -0.260. The molecule has 0 bridgehead atoms. The van der Waals surface area contributed by atoms with Gasteiger partial charge in [0.25, 0.3) is 0 Å². The third-order valence-corrected chi connectivity index (χ3v) is 5.16. The maximum Gasteiger partial charge on any atom is 0.0738 e. The van der Waals surface area contributed by atoms with Gasteiger partial charge in [-0.05, 0) is 34.8 Å². The molecule has 0 aliphatic rings. The zero-order valence-corrected chi connectivity index (χ0v) is 13.8. The van der Waals surface area contributed by atoms with E-state index in [1.54, 1.807) is 0 Å². The average molecular weight is 337 g/mol. The van der Waals surface area contributed by atoms with Crippen LogP contribution in [0.1, 0.15) is 30.3 Å². The molecular weight excluding hydrogens is 316 g/mol. The smallest absolute Gasteiger partial charge is 0.0738 e. The Labute approximate surface area is 128 Å². The molecule has 0 fully saturated rings. The van der Waals surface area contributed by atoms with Gasteiger partial charge in [-0.1, -0.05) is 37.3 Å². The number of aliphatic hydroxyl groups excluding tert-OH is 1. The molecule has 1 aromatic carbocycles. The largest absolute Gasteiger partial charge is 0.395 e. The summed E-state index contributed by atoms with van der Waals surface area (Å²) in [6, 6.07) is 10.2. The van der Waals surface area contributed by atoms with Crippen LogP contribution in [-0.4, -0.2) is 21.5 Å². The number of benzene rings is 1. The minimum Gasteiger partial charge on any atom is -0.395 e. The Morgan fingerprint density at radius 2 is 1.95 bits per heavy atom. The fourth-order valence-corrected chi connectivity index (χ4v) is 3.15. The van der Waals surface area contributed by atoms with Crippen molar-refractivity contribution in [1.82, 2.24) is 9.78 Å². The van der Waals surface area contributed by atoms with Crippen LogP contribution in [0.15, 0.2) is 34.8 Å². The molecule has 1 atom stereocenters. The Hall–Kier alpha value is -1.13. The molecule has 0 saturated heterocycles. The van der Waals surface area contributed by atoms with Crippen LogP contribution in [0, 0.1) is 6.92 Å². The van der Waals surface area contributed by atoms with E-state index in [4.69, 9.17) is 0 Å². The molecule has 0 aliphatic carbocycles. The van der Waals surface area contributed by atoms with Crippen LogP contribution in [0.5, 0.6) is 0 Å². The summed E-state index contributed by atoms with van der Waals surface area (Å²) in [5.74, 6) is 0. The highest BCUT2D eigenvalue weighted by molar-refractivity contribution is 9.10. The van der Waals surface area contributed by atoms with Gasteiger partial charge in [-0.15, -0.1) is 0 Å². The van der Waals surface area contributed by atoms with Gasteiger partial charge < -0.3 is 5.11 Å². The van der Waals surface area contributed by atoms with Gasteiger partial charge in [-0.2, -0.15) is 5.10 Å². The predicted octanol–water partition coefficient (Wildman–Crippen LogP) is 3.37. The SMILES string of the molecule is CCC(CO)(Cc1c(Br)c(C)nn1C)c1ccccc1. The van der Waals surface area contributed by atoms with Gasteiger partial charge in [0, 0.05) is 18.9 Å². The fraction of sp³-hybridized carbons (Fsp3) is 0.438. The standard InChI is InChI=1S/C16H21BrN2O/c1-4-16(11-20,13-8-6-5-7-9-13)10-14-15(17)12(2)18-19(14)3/h5-9,20H,4,10-11H2,1-3H3. The quantitative estimate of drug-likeness (QED) is 0.908. The Balaban J connectivity index is 2.45. The lowest BCUT2D eigenvalue weighted by molar-refractivity contribution is 0.184. The van der Waals surface area contributed by atoms with Crippen LogP contribution in [0.4, 0.5) is 0 Å². The summed E-state index contributed by atoms with van der Waals surface area (Å²) in [6.07, 6.45) is 1.64. The topological polar surface area (TPSA) is 38.1 Å². The van der Waals surface area contributed by atoms with Crippen molar-refractivity contribution < 1.29 is 5.11 Å². The summed E-state index contributed by atoms with van der Waals surface area (Å²) < 4.78 is 2.95. The molecule has 0 aliphatic heterocycles. The summed E-state index contributed by atoms with van der Waals surface area (Å²) in [5, 5.41) is 14.5. The average Bonchev–Trinajstić information content (AvgIpc) is 2.71. The number of aryl methyl sites for hydroxylation is 2. The molecule has 1 heterocycles. The number of rotatable bonds is 5. The second-order valence-corrected chi connectivity index (χ2v) is 6.10. The van der Waals surface area contributed by atoms with Crippen molar-refractivity contribution in [1.29, 1.82) is 0 Å². The van der Waals surface area contributed by atoms with Crippen molar-refractivity contribution in [2.75, 3.05) is 6.61 Å². The molecule has 0 amide bonds. The van der Waals surface area contributed by atoms with Gasteiger partial charge in [0.1, 0.15) is 0 Å².